The summed E-state index contributed by atoms with van der Waals surface area (Å²) in [5.41, 5.74) is 0. The lowest BCUT2D eigenvalue weighted by molar-refractivity contribution is -0.202. The Kier molecular flexibility index (Phi) is 5.80. The third-order valence-corrected chi connectivity index (χ3v) is 5.87. The molecule has 1 aliphatic carbocycles. The fourth-order valence-corrected chi connectivity index (χ4v) is 4.69. The molecule has 1 spiro atoms. The Balaban J connectivity index is 1.52. The summed E-state index contributed by atoms with van der Waals surface area (Å²) in [5.74, 6) is 0.443. The van der Waals surface area contributed by atoms with Gasteiger partial charge in [-0.1, -0.05) is 0 Å². The number of rotatable bonds is 5. The second-order valence-corrected chi connectivity index (χ2v) is 8.00. The molecule has 3 atom stereocenters. The number of fused-ring (bicyclic) bond motifs is 1. The quantitative estimate of drug-likeness (QED) is 0.755. The van der Waals surface area contributed by atoms with Crippen LogP contribution < -0.4 is 5.32 Å². The van der Waals surface area contributed by atoms with Crippen molar-refractivity contribution in [2.45, 2.75) is 43.9 Å². The lowest BCUT2D eigenvalue weighted by Gasteiger charge is -2.49. The van der Waals surface area contributed by atoms with Crippen LogP contribution in [-0.2, 0) is 14.3 Å². The fraction of sp³-hybridized carbons (Fsp3) is 0.944. The summed E-state index contributed by atoms with van der Waals surface area (Å²) in [6.07, 6.45) is 4.99. The Morgan fingerprint density at radius 2 is 2.08 bits per heavy atom. The van der Waals surface area contributed by atoms with Gasteiger partial charge in [-0.05, 0) is 52.9 Å². The van der Waals surface area contributed by atoms with Crippen LogP contribution in [0.15, 0.2) is 0 Å². The predicted molar refractivity (Wildman–Crippen MR) is 92.7 cm³/mol. The van der Waals surface area contributed by atoms with Crippen molar-refractivity contribution in [2.24, 2.45) is 11.8 Å². The summed E-state index contributed by atoms with van der Waals surface area (Å²) < 4.78 is 11.8. The van der Waals surface area contributed by atoms with E-state index in [1.165, 1.54) is 0 Å². The minimum absolute atomic E-state index is 0.0900. The summed E-state index contributed by atoms with van der Waals surface area (Å²) in [7, 11) is 6.28. The molecular weight excluding hydrogens is 306 g/mol. The van der Waals surface area contributed by atoms with Crippen molar-refractivity contribution < 1.29 is 14.3 Å². The van der Waals surface area contributed by atoms with Crippen molar-refractivity contribution in [2.75, 3.05) is 54.0 Å². The van der Waals surface area contributed by atoms with Crippen LogP contribution in [-0.4, -0.2) is 81.5 Å². The standard InChI is InChI=1S/C18H33N3O3/c1-20(2)8-4-7-19-17(22)15-11-14-12-18(23-9-10-24-18)6-5-16(14)21(3)13-15/h14-16H,4-13H2,1-3H3,(H,19,22). The van der Waals surface area contributed by atoms with Crippen LogP contribution >= 0.6 is 0 Å². The highest BCUT2D eigenvalue weighted by molar-refractivity contribution is 5.79. The van der Waals surface area contributed by atoms with E-state index >= 15 is 0 Å². The number of hydrogen-bond acceptors (Lipinski definition) is 5. The molecule has 3 aliphatic rings. The first-order chi connectivity index (χ1) is 11.5. The van der Waals surface area contributed by atoms with E-state index in [-0.39, 0.29) is 17.6 Å². The maximum atomic E-state index is 12.6. The number of carbonyl (C=O) groups excluding carboxylic acids is 1. The first-order valence-corrected chi connectivity index (χ1v) is 9.40. The molecule has 0 bridgehead atoms. The molecule has 1 N–H and O–H groups in total. The van der Waals surface area contributed by atoms with E-state index in [2.05, 4.69) is 36.3 Å². The molecule has 1 saturated carbocycles. The lowest BCUT2D eigenvalue weighted by atomic mass is 9.72. The van der Waals surface area contributed by atoms with Gasteiger partial charge in [-0.25, -0.2) is 0 Å². The zero-order chi connectivity index (χ0) is 17.2. The first-order valence-electron chi connectivity index (χ1n) is 9.40. The highest BCUT2D eigenvalue weighted by Crippen LogP contribution is 2.44. The van der Waals surface area contributed by atoms with Crippen molar-refractivity contribution >= 4 is 5.91 Å². The summed E-state index contributed by atoms with van der Waals surface area (Å²) in [6, 6.07) is 0.571. The normalized spacial score (nSPS) is 32.9. The number of hydrogen-bond donors (Lipinski definition) is 1. The Morgan fingerprint density at radius 3 is 2.79 bits per heavy atom. The summed E-state index contributed by atoms with van der Waals surface area (Å²) in [4.78, 5) is 17.1. The van der Waals surface area contributed by atoms with Crippen molar-refractivity contribution in [3.8, 4) is 0 Å². The predicted octanol–water partition coefficient (Wildman–Crippen LogP) is 0.918. The van der Waals surface area contributed by atoms with Gasteiger partial charge in [0.1, 0.15) is 0 Å². The lowest BCUT2D eigenvalue weighted by Crippen LogP contribution is -2.55. The molecule has 3 rings (SSSR count). The number of piperidine rings is 1. The van der Waals surface area contributed by atoms with Crippen LogP contribution in [0.2, 0.25) is 0 Å². The average Bonchev–Trinajstić information content (AvgIpc) is 2.98. The zero-order valence-corrected chi connectivity index (χ0v) is 15.4. The van der Waals surface area contributed by atoms with Crippen LogP contribution in [0, 0.1) is 11.8 Å². The average molecular weight is 339 g/mol. The Labute approximate surface area is 145 Å². The Hall–Kier alpha value is -0.690. The summed E-state index contributed by atoms with van der Waals surface area (Å²) in [5, 5.41) is 3.13. The second kappa shape index (κ2) is 7.68. The van der Waals surface area contributed by atoms with E-state index in [0.717, 1.165) is 51.7 Å². The summed E-state index contributed by atoms with van der Waals surface area (Å²) in [6.45, 7) is 4.07. The number of ether oxygens (including phenoxy) is 2. The molecule has 24 heavy (non-hydrogen) atoms. The SMILES string of the molecule is CN(C)CCCNC(=O)C1CC2CC3(CCC2N(C)C1)OCCO3. The molecule has 3 fully saturated rings. The monoisotopic (exact) mass is 339 g/mol. The molecule has 6 heteroatoms. The van der Waals surface area contributed by atoms with Gasteiger partial charge in [0.25, 0.3) is 0 Å². The number of carbonyl (C=O) groups is 1. The third kappa shape index (κ3) is 4.10. The number of nitrogens with one attached hydrogen (secondary N) is 1. The highest BCUT2D eigenvalue weighted by Gasteiger charge is 2.49. The number of likely N-dealkylation sites (tertiary alicyclic amines) is 1. The van der Waals surface area contributed by atoms with Gasteiger partial charge in [0.2, 0.25) is 5.91 Å². The minimum atomic E-state index is -0.355. The highest BCUT2D eigenvalue weighted by atomic mass is 16.7. The molecular formula is C18H33N3O3. The van der Waals surface area contributed by atoms with Crippen molar-refractivity contribution in [1.82, 2.24) is 15.1 Å². The molecule has 0 aromatic carbocycles. The molecule has 138 valence electrons. The van der Waals surface area contributed by atoms with Crippen molar-refractivity contribution in [3.05, 3.63) is 0 Å². The third-order valence-electron chi connectivity index (χ3n) is 5.87. The summed E-state index contributed by atoms with van der Waals surface area (Å²) >= 11 is 0. The second-order valence-electron chi connectivity index (χ2n) is 8.00. The Bertz CT molecular complexity index is 437. The van der Waals surface area contributed by atoms with Gasteiger partial charge < -0.3 is 24.6 Å². The van der Waals surface area contributed by atoms with Gasteiger partial charge in [-0.15, -0.1) is 0 Å². The number of nitrogens with zero attached hydrogens (tertiary/aromatic N) is 2. The van der Waals surface area contributed by atoms with Crippen molar-refractivity contribution in [3.63, 3.8) is 0 Å². The fourth-order valence-electron chi connectivity index (χ4n) is 4.69. The maximum Gasteiger partial charge on any atom is 0.224 e. The zero-order valence-electron chi connectivity index (χ0n) is 15.4. The van der Waals surface area contributed by atoms with Gasteiger partial charge in [-0.2, -0.15) is 0 Å². The topological polar surface area (TPSA) is 54.0 Å². The van der Waals surface area contributed by atoms with Crippen LogP contribution in [0.3, 0.4) is 0 Å². The van der Waals surface area contributed by atoms with Gasteiger partial charge >= 0.3 is 0 Å². The molecule has 2 saturated heterocycles. The van der Waals surface area contributed by atoms with Crippen LogP contribution in [0.1, 0.15) is 32.1 Å². The molecule has 2 heterocycles. The molecule has 0 aromatic heterocycles. The molecule has 0 radical (unpaired) electrons. The smallest absolute Gasteiger partial charge is 0.224 e. The molecule has 3 unspecified atom stereocenters. The Morgan fingerprint density at radius 1 is 1.33 bits per heavy atom. The van der Waals surface area contributed by atoms with Gasteiger partial charge in [0.05, 0.1) is 19.1 Å². The van der Waals surface area contributed by atoms with Gasteiger partial charge in [0, 0.05) is 32.0 Å². The number of amides is 1. The van der Waals surface area contributed by atoms with E-state index in [1.807, 2.05) is 0 Å². The molecule has 0 aromatic rings. The van der Waals surface area contributed by atoms with E-state index in [0.29, 0.717) is 25.2 Å². The van der Waals surface area contributed by atoms with Gasteiger partial charge in [0.15, 0.2) is 5.79 Å². The van der Waals surface area contributed by atoms with Crippen LogP contribution in [0.25, 0.3) is 0 Å². The minimum Gasteiger partial charge on any atom is -0.356 e. The van der Waals surface area contributed by atoms with E-state index < -0.39 is 0 Å². The first kappa shape index (κ1) is 18.1. The van der Waals surface area contributed by atoms with Crippen molar-refractivity contribution in [1.29, 1.82) is 0 Å². The van der Waals surface area contributed by atoms with Gasteiger partial charge in [-0.3, -0.25) is 4.79 Å². The van der Waals surface area contributed by atoms with Crippen LogP contribution in [0.4, 0.5) is 0 Å². The van der Waals surface area contributed by atoms with E-state index in [4.69, 9.17) is 9.47 Å². The molecule has 6 nitrogen and oxygen atoms in total. The van der Waals surface area contributed by atoms with Crippen LogP contribution in [0.5, 0.6) is 0 Å². The molecule has 1 amide bonds. The van der Waals surface area contributed by atoms with E-state index in [1.54, 1.807) is 0 Å². The van der Waals surface area contributed by atoms with E-state index in [9.17, 15) is 4.79 Å². The maximum absolute atomic E-state index is 12.6. The largest absolute Gasteiger partial charge is 0.356 e. The molecule has 2 aliphatic heterocycles.